The molecule has 0 fully saturated rings. The van der Waals surface area contributed by atoms with Gasteiger partial charge in [0.25, 0.3) is 0 Å². The molecule has 0 unspecified atom stereocenters. The maximum Gasteiger partial charge on any atom is 0.153 e. The van der Waals surface area contributed by atoms with Crippen LogP contribution in [0.3, 0.4) is 0 Å². The maximum absolute atomic E-state index is 6.11. The maximum atomic E-state index is 6.11. The lowest BCUT2D eigenvalue weighted by molar-refractivity contribution is 0.668. The Labute approximate surface area is 266 Å². The minimum absolute atomic E-state index is 0.792. The van der Waals surface area contributed by atoms with Crippen molar-refractivity contribution in [3.05, 3.63) is 170 Å². The molecule has 3 heteroatoms. The Hall–Kier alpha value is -6.19. The highest BCUT2D eigenvalue weighted by molar-refractivity contribution is 6.04. The molecule has 0 bridgehead atoms. The van der Waals surface area contributed by atoms with Crippen molar-refractivity contribution in [2.24, 2.45) is 0 Å². The molecular weight excluding hydrogens is 560 g/mol. The Balaban J connectivity index is 1.14. The van der Waals surface area contributed by atoms with Crippen LogP contribution < -0.4 is 4.90 Å². The minimum atomic E-state index is 0.792. The summed E-state index contributed by atoms with van der Waals surface area (Å²) in [6.07, 6.45) is 1.82. The number of benzene rings is 7. The van der Waals surface area contributed by atoms with Crippen LogP contribution in [-0.2, 0) is 0 Å². The molecule has 0 aliphatic carbocycles. The fourth-order valence-corrected chi connectivity index (χ4v) is 6.52. The van der Waals surface area contributed by atoms with Gasteiger partial charge in [-0.15, -0.1) is 0 Å². The zero-order valence-corrected chi connectivity index (χ0v) is 25.0. The molecule has 2 heterocycles. The van der Waals surface area contributed by atoms with Crippen LogP contribution in [0.5, 0.6) is 0 Å². The minimum Gasteiger partial charge on any atom is -0.454 e. The molecule has 0 aliphatic heterocycles. The predicted molar refractivity (Wildman–Crippen MR) is 192 cm³/mol. The highest BCUT2D eigenvalue weighted by Gasteiger charge is 2.16. The zero-order valence-electron chi connectivity index (χ0n) is 25.0. The van der Waals surface area contributed by atoms with Gasteiger partial charge in [0, 0.05) is 28.6 Å². The van der Waals surface area contributed by atoms with Gasteiger partial charge in [-0.1, -0.05) is 97.1 Å². The average molecular weight is 589 g/mol. The molecule has 0 saturated heterocycles. The quantitative estimate of drug-likeness (QED) is 0.200. The Bertz CT molecular complexity index is 2410. The van der Waals surface area contributed by atoms with E-state index >= 15 is 0 Å². The van der Waals surface area contributed by atoms with Gasteiger partial charge in [-0.3, -0.25) is 4.98 Å². The van der Waals surface area contributed by atoms with Gasteiger partial charge in [0.15, 0.2) is 5.58 Å². The Morgan fingerprint density at radius 1 is 0.391 bits per heavy atom. The van der Waals surface area contributed by atoms with E-state index in [1.807, 2.05) is 24.4 Å². The molecule has 0 N–H and O–H groups in total. The standard InChI is InChI=1S/C43H28N2O/c1-3-8-33-26-35(13-11-29(33)6-1)31-15-19-37(20-16-31)45(39-23-24-41-40(28-39)43-42(46-41)10-5-25-44-43)38-21-17-32(18-22-38)36-14-12-30-7-2-4-9-34(30)27-36/h1-28H. The molecule has 9 aromatic rings. The smallest absolute Gasteiger partial charge is 0.153 e. The van der Waals surface area contributed by atoms with E-state index in [-0.39, 0.29) is 0 Å². The summed E-state index contributed by atoms with van der Waals surface area (Å²) in [6, 6.07) is 58.2. The average Bonchev–Trinajstić information content (AvgIpc) is 3.50. The highest BCUT2D eigenvalue weighted by Crippen LogP contribution is 2.40. The SMILES string of the molecule is c1ccc2cc(-c3ccc(N(c4ccc(-c5ccc6ccccc6c5)cc4)c4ccc5oc6cccnc6c5c4)cc3)ccc2c1. The third kappa shape index (κ3) is 4.58. The Morgan fingerprint density at radius 3 is 1.50 bits per heavy atom. The number of hydrogen-bond acceptors (Lipinski definition) is 3. The summed E-state index contributed by atoms with van der Waals surface area (Å²) in [7, 11) is 0. The van der Waals surface area contributed by atoms with Crippen LogP contribution in [0.15, 0.2) is 174 Å². The first-order valence-electron chi connectivity index (χ1n) is 15.5. The molecule has 0 spiro atoms. The van der Waals surface area contributed by atoms with E-state index in [2.05, 4.69) is 155 Å². The van der Waals surface area contributed by atoms with E-state index in [9.17, 15) is 0 Å². The van der Waals surface area contributed by atoms with Crippen molar-refractivity contribution in [2.45, 2.75) is 0 Å². The second-order valence-corrected chi connectivity index (χ2v) is 11.7. The topological polar surface area (TPSA) is 29.3 Å². The molecule has 0 radical (unpaired) electrons. The number of fused-ring (bicyclic) bond motifs is 5. The predicted octanol–water partition coefficient (Wildman–Crippen LogP) is 12.1. The van der Waals surface area contributed by atoms with Crippen LogP contribution in [-0.4, -0.2) is 4.98 Å². The van der Waals surface area contributed by atoms with Crippen LogP contribution >= 0.6 is 0 Å². The number of aromatic nitrogens is 1. The Morgan fingerprint density at radius 2 is 0.913 bits per heavy atom. The van der Waals surface area contributed by atoms with Gasteiger partial charge in [-0.25, -0.2) is 0 Å². The van der Waals surface area contributed by atoms with Gasteiger partial charge >= 0.3 is 0 Å². The van der Waals surface area contributed by atoms with Crippen LogP contribution in [0.25, 0.3) is 65.9 Å². The number of rotatable bonds is 5. The van der Waals surface area contributed by atoms with E-state index in [0.717, 1.165) is 39.1 Å². The van der Waals surface area contributed by atoms with Crippen molar-refractivity contribution in [1.29, 1.82) is 0 Å². The van der Waals surface area contributed by atoms with Gasteiger partial charge in [-0.05, 0) is 111 Å². The molecule has 0 saturated carbocycles. The van der Waals surface area contributed by atoms with E-state index < -0.39 is 0 Å². The van der Waals surface area contributed by atoms with E-state index in [1.54, 1.807) is 0 Å². The highest BCUT2D eigenvalue weighted by atomic mass is 16.3. The third-order valence-electron chi connectivity index (χ3n) is 8.88. The molecule has 7 aromatic carbocycles. The summed E-state index contributed by atoms with van der Waals surface area (Å²) >= 11 is 0. The van der Waals surface area contributed by atoms with Crippen molar-refractivity contribution in [3.8, 4) is 22.3 Å². The van der Waals surface area contributed by atoms with Crippen LogP contribution in [0, 0.1) is 0 Å². The summed E-state index contributed by atoms with van der Waals surface area (Å²) in [5.74, 6) is 0. The molecule has 46 heavy (non-hydrogen) atoms. The molecule has 0 aliphatic rings. The molecule has 216 valence electrons. The lowest BCUT2D eigenvalue weighted by Crippen LogP contribution is -2.09. The van der Waals surface area contributed by atoms with Gasteiger partial charge < -0.3 is 9.32 Å². The molecule has 3 nitrogen and oxygen atoms in total. The first kappa shape index (κ1) is 26.2. The summed E-state index contributed by atoms with van der Waals surface area (Å²) in [5, 5.41) is 5.98. The molecule has 0 atom stereocenters. The Kier molecular flexibility index (Phi) is 6.14. The molecule has 9 rings (SSSR count). The summed E-state index contributed by atoms with van der Waals surface area (Å²) in [4.78, 5) is 6.94. The zero-order chi connectivity index (χ0) is 30.5. The second-order valence-electron chi connectivity index (χ2n) is 11.7. The number of hydrogen-bond donors (Lipinski definition) is 0. The number of furan rings is 1. The lowest BCUT2D eigenvalue weighted by Gasteiger charge is -2.26. The summed E-state index contributed by atoms with van der Waals surface area (Å²) in [5.41, 5.74) is 10.4. The molecule has 2 aromatic heterocycles. The van der Waals surface area contributed by atoms with Gasteiger partial charge in [-0.2, -0.15) is 0 Å². The van der Waals surface area contributed by atoms with Gasteiger partial charge in [0.2, 0.25) is 0 Å². The second kappa shape index (κ2) is 10.8. The number of anilines is 3. The molecular formula is C43H28N2O. The van der Waals surface area contributed by atoms with E-state index in [4.69, 9.17) is 4.42 Å². The normalized spacial score (nSPS) is 11.5. The van der Waals surface area contributed by atoms with E-state index in [1.165, 1.54) is 43.8 Å². The van der Waals surface area contributed by atoms with Crippen LogP contribution in [0.1, 0.15) is 0 Å². The van der Waals surface area contributed by atoms with Gasteiger partial charge in [0.05, 0.1) is 0 Å². The third-order valence-corrected chi connectivity index (χ3v) is 8.88. The number of pyridine rings is 1. The van der Waals surface area contributed by atoms with Crippen molar-refractivity contribution in [2.75, 3.05) is 4.90 Å². The summed E-state index contributed by atoms with van der Waals surface area (Å²) in [6.45, 7) is 0. The summed E-state index contributed by atoms with van der Waals surface area (Å²) < 4.78 is 6.11. The van der Waals surface area contributed by atoms with Crippen molar-refractivity contribution in [3.63, 3.8) is 0 Å². The first-order chi connectivity index (χ1) is 22.8. The lowest BCUT2D eigenvalue weighted by atomic mass is 10.00. The van der Waals surface area contributed by atoms with E-state index in [0.29, 0.717) is 0 Å². The molecule has 0 amide bonds. The van der Waals surface area contributed by atoms with Gasteiger partial charge in [0.1, 0.15) is 11.1 Å². The van der Waals surface area contributed by atoms with Crippen molar-refractivity contribution >= 4 is 60.7 Å². The fraction of sp³-hybridized carbons (Fsp3) is 0. The van der Waals surface area contributed by atoms with Crippen LogP contribution in [0.2, 0.25) is 0 Å². The van der Waals surface area contributed by atoms with Crippen molar-refractivity contribution in [1.82, 2.24) is 4.98 Å². The van der Waals surface area contributed by atoms with Crippen LogP contribution in [0.4, 0.5) is 17.1 Å². The first-order valence-corrected chi connectivity index (χ1v) is 15.5. The fourth-order valence-electron chi connectivity index (χ4n) is 6.52. The number of nitrogens with zero attached hydrogens (tertiary/aromatic N) is 2. The largest absolute Gasteiger partial charge is 0.454 e. The van der Waals surface area contributed by atoms with Crippen molar-refractivity contribution < 1.29 is 4.42 Å². The monoisotopic (exact) mass is 588 g/mol.